The molecule has 0 spiro atoms. The van der Waals surface area contributed by atoms with E-state index in [1.807, 2.05) is 12.1 Å². The van der Waals surface area contributed by atoms with E-state index in [0.29, 0.717) is 4.99 Å². The van der Waals surface area contributed by atoms with Gasteiger partial charge in [-0.25, -0.2) is 0 Å². The second-order valence-electron chi connectivity index (χ2n) is 6.55. The molecule has 2 N–H and O–H groups in total. The minimum atomic E-state index is 0.454. The van der Waals surface area contributed by atoms with Gasteiger partial charge in [-0.1, -0.05) is 18.6 Å². The first kappa shape index (κ1) is 13.9. The molecule has 2 aliphatic carbocycles. The first-order valence-electron chi connectivity index (χ1n) is 7.58. The zero-order valence-electron chi connectivity index (χ0n) is 12.3. The highest BCUT2D eigenvalue weighted by Gasteiger charge is 2.39. The quantitative estimate of drug-likeness (QED) is 0.857. The van der Waals surface area contributed by atoms with Crippen LogP contribution in [0.5, 0.6) is 5.75 Å². The van der Waals surface area contributed by atoms with Crippen LogP contribution < -0.4 is 10.5 Å². The summed E-state index contributed by atoms with van der Waals surface area (Å²) in [5, 5.41) is 0. The summed E-state index contributed by atoms with van der Waals surface area (Å²) < 4.78 is 6.15. The van der Waals surface area contributed by atoms with Crippen molar-refractivity contribution in [1.82, 2.24) is 0 Å². The predicted octanol–water partition coefficient (Wildman–Crippen LogP) is 3.75. The van der Waals surface area contributed by atoms with E-state index >= 15 is 0 Å². The molecule has 2 aliphatic rings. The summed E-state index contributed by atoms with van der Waals surface area (Å²) in [6.07, 6.45) is 5.67. The molecule has 3 rings (SSSR count). The highest BCUT2D eigenvalue weighted by atomic mass is 32.1. The van der Waals surface area contributed by atoms with Gasteiger partial charge in [0.2, 0.25) is 0 Å². The molecular formula is C17H23NOS. The normalized spacial score (nSPS) is 27.8. The van der Waals surface area contributed by atoms with Crippen molar-refractivity contribution in [3.63, 3.8) is 0 Å². The van der Waals surface area contributed by atoms with E-state index in [1.165, 1.54) is 25.7 Å². The van der Waals surface area contributed by atoms with Crippen molar-refractivity contribution in [2.24, 2.45) is 23.5 Å². The van der Waals surface area contributed by atoms with Crippen LogP contribution in [0.2, 0.25) is 0 Å². The highest BCUT2D eigenvalue weighted by Crippen LogP contribution is 2.48. The maximum absolute atomic E-state index is 6.15. The summed E-state index contributed by atoms with van der Waals surface area (Å²) in [5.41, 5.74) is 8.91. The second-order valence-corrected chi connectivity index (χ2v) is 6.99. The van der Waals surface area contributed by atoms with E-state index in [2.05, 4.69) is 13.8 Å². The molecule has 1 aromatic carbocycles. The fourth-order valence-electron chi connectivity index (χ4n) is 4.09. The molecule has 2 bridgehead atoms. The molecule has 0 saturated heterocycles. The highest BCUT2D eigenvalue weighted by molar-refractivity contribution is 7.80. The Hall–Kier alpha value is -1.09. The van der Waals surface area contributed by atoms with E-state index in [4.69, 9.17) is 22.7 Å². The Balaban J connectivity index is 1.70. The van der Waals surface area contributed by atoms with Crippen LogP contribution in [-0.4, -0.2) is 11.6 Å². The molecular weight excluding hydrogens is 266 g/mol. The number of hydrogen-bond acceptors (Lipinski definition) is 2. The minimum Gasteiger partial charge on any atom is -0.493 e. The molecule has 2 fully saturated rings. The van der Waals surface area contributed by atoms with Crippen molar-refractivity contribution in [2.45, 2.75) is 39.5 Å². The molecule has 20 heavy (non-hydrogen) atoms. The lowest BCUT2D eigenvalue weighted by molar-refractivity contribution is 0.193. The van der Waals surface area contributed by atoms with Crippen LogP contribution in [0, 0.1) is 31.6 Å². The molecule has 0 radical (unpaired) electrons. The van der Waals surface area contributed by atoms with Gasteiger partial charge in [-0.05, 0) is 74.1 Å². The first-order chi connectivity index (χ1) is 9.54. The number of rotatable bonds is 4. The molecule has 108 valence electrons. The topological polar surface area (TPSA) is 35.2 Å². The summed E-state index contributed by atoms with van der Waals surface area (Å²) >= 11 is 5.05. The predicted molar refractivity (Wildman–Crippen MR) is 86.2 cm³/mol. The van der Waals surface area contributed by atoms with Gasteiger partial charge < -0.3 is 10.5 Å². The molecule has 3 unspecified atom stereocenters. The molecule has 2 saturated carbocycles. The van der Waals surface area contributed by atoms with Crippen molar-refractivity contribution < 1.29 is 4.74 Å². The number of fused-ring (bicyclic) bond motifs is 2. The van der Waals surface area contributed by atoms with Crippen molar-refractivity contribution in [3.8, 4) is 5.75 Å². The summed E-state index contributed by atoms with van der Waals surface area (Å²) in [6, 6.07) is 4.07. The zero-order valence-corrected chi connectivity index (χ0v) is 13.1. The second kappa shape index (κ2) is 5.36. The maximum atomic E-state index is 6.15. The lowest BCUT2D eigenvalue weighted by Gasteiger charge is -2.23. The lowest BCUT2D eigenvalue weighted by atomic mass is 9.89. The molecule has 2 nitrogen and oxygen atoms in total. The third-order valence-corrected chi connectivity index (χ3v) is 5.31. The third kappa shape index (κ3) is 2.56. The maximum Gasteiger partial charge on any atom is 0.125 e. The van der Waals surface area contributed by atoms with Crippen LogP contribution in [0.1, 0.15) is 42.4 Å². The molecule has 0 aromatic heterocycles. The van der Waals surface area contributed by atoms with Gasteiger partial charge in [-0.2, -0.15) is 0 Å². The van der Waals surface area contributed by atoms with Gasteiger partial charge in [0.1, 0.15) is 10.7 Å². The van der Waals surface area contributed by atoms with E-state index in [1.54, 1.807) is 0 Å². The number of aryl methyl sites for hydroxylation is 2. The van der Waals surface area contributed by atoms with E-state index in [9.17, 15) is 0 Å². The Morgan fingerprint density at radius 2 is 1.95 bits per heavy atom. The largest absolute Gasteiger partial charge is 0.493 e. The van der Waals surface area contributed by atoms with Gasteiger partial charge in [-0.3, -0.25) is 0 Å². The van der Waals surface area contributed by atoms with Gasteiger partial charge in [0, 0.05) is 5.56 Å². The minimum absolute atomic E-state index is 0.454. The Labute approximate surface area is 126 Å². The van der Waals surface area contributed by atoms with Gasteiger partial charge in [0.15, 0.2) is 0 Å². The fraction of sp³-hybridized carbons (Fsp3) is 0.588. The van der Waals surface area contributed by atoms with Gasteiger partial charge in [0.05, 0.1) is 6.61 Å². The van der Waals surface area contributed by atoms with E-state index < -0.39 is 0 Å². The smallest absolute Gasteiger partial charge is 0.125 e. The monoisotopic (exact) mass is 289 g/mol. The van der Waals surface area contributed by atoms with E-state index in [0.717, 1.165) is 46.8 Å². The van der Waals surface area contributed by atoms with Crippen LogP contribution in [-0.2, 0) is 0 Å². The van der Waals surface area contributed by atoms with Crippen LogP contribution in [0.3, 0.4) is 0 Å². The number of ether oxygens (including phenoxy) is 1. The van der Waals surface area contributed by atoms with E-state index in [-0.39, 0.29) is 0 Å². The Morgan fingerprint density at radius 3 is 2.45 bits per heavy atom. The summed E-state index contributed by atoms with van der Waals surface area (Å²) in [6.45, 7) is 5.02. The first-order valence-corrected chi connectivity index (χ1v) is 7.99. The van der Waals surface area contributed by atoms with Crippen molar-refractivity contribution in [3.05, 3.63) is 28.8 Å². The number of benzene rings is 1. The zero-order chi connectivity index (χ0) is 14.3. The average Bonchev–Trinajstić information content (AvgIpc) is 2.99. The lowest BCUT2D eigenvalue weighted by Crippen LogP contribution is -2.19. The van der Waals surface area contributed by atoms with Gasteiger partial charge >= 0.3 is 0 Å². The number of hydrogen-bond donors (Lipinski definition) is 1. The van der Waals surface area contributed by atoms with Crippen LogP contribution in [0.15, 0.2) is 12.1 Å². The summed E-state index contributed by atoms with van der Waals surface area (Å²) in [5.74, 6) is 3.68. The number of nitrogens with two attached hydrogens (primary N) is 1. The third-order valence-electron chi connectivity index (χ3n) is 5.07. The van der Waals surface area contributed by atoms with Gasteiger partial charge in [0.25, 0.3) is 0 Å². The SMILES string of the molecule is Cc1cc(C(N)=S)cc(C)c1OCC1CC2CCC1C2. The fourth-order valence-corrected chi connectivity index (χ4v) is 4.21. The van der Waals surface area contributed by atoms with Crippen LogP contribution >= 0.6 is 12.2 Å². The molecule has 0 heterocycles. The van der Waals surface area contributed by atoms with Crippen LogP contribution in [0.25, 0.3) is 0 Å². The molecule has 3 atom stereocenters. The Bertz CT molecular complexity index is 517. The van der Waals surface area contributed by atoms with Crippen molar-refractivity contribution in [2.75, 3.05) is 6.61 Å². The van der Waals surface area contributed by atoms with Crippen molar-refractivity contribution >= 4 is 17.2 Å². The van der Waals surface area contributed by atoms with Gasteiger partial charge in [-0.15, -0.1) is 0 Å². The van der Waals surface area contributed by atoms with Crippen molar-refractivity contribution in [1.29, 1.82) is 0 Å². The molecule has 1 aromatic rings. The molecule has 0 aliphatic heterocycles. The Kier molecular flexibility index (Phi) is 3.72. The Morgan fingerprint density at radius 1 is 1.25 bits per heavy atom. The number of thiocarbonyl (C=S) groups is 1. The summed E-state index contributed by atoms with van der Waals surface area (Å²) in [4.78, 5) is 0.454. The average molecular weight is 289 g/mol. The standard InChI is InChI=1S/C17H23NOS/c1-10-5-14(17(18)20)6-11(2)16(10)19-9-15-8-12-3-4-13(15)7-12/h5-6,12-13,15H,3-4,7-9H2,1-2H3,(H2,18,20). The van der Waals surface area contributed by atoms with Crippen LogP contribution in [0.4, 0.5) is 0 Å². The molecule has 0 amide bonds. The summed E-state index contributed by atoms with van der Waals surface area (Å²) in [7, 11) is 0. The molecule has 3 heteroatoms.